The fourth-order valence-corrected chi connectivity index (χ4v) is 1.48. The Hall–Kier alpha value is -2.10. The number of benzene rings is 1. The SMILES string of the molecule is Cc1cnc(NCc2cccc(F)c2)cc1N. The molecule has 1 heterocycles. The van der Waals surface area contributed by atoms with Crippen molar-refractivity contribution in [3.05, 3.63) is 53.5 Å². The predicted octanol–water partition coefficient (Wildman–Crippen LogP) is 2.72. The van der Waals surface area contributed by atoms with Gasteiger partial charge in [-0.05, 0) is 30.2 Å². The summed E-state index contributed by atoms with van der Waals surface area (Å²) in [5.41, 5.74) is 8.28. The van der Waals surface area contributed by atoms with Gasteiger partial charge in [0.05, 0.1) is 0 Å². The molecule has 0 saturated heterocycles. The van der Waals surface area contributed by atoms with Crippen LogP contribution in [0.4, 0.5) is 15.9 Å². The molecule has 17 heavy (non-hydrogen) atoms. The third kappa shape index (κ3) is 2.93. The van der Waals surface area contributed by atoms with E-state index in [1.54, 1.807) is 18.3 Å². The summed E-state index contributed by atoms with van der Waals surface area (Å²) in [5, 5.41) is 3.10. The van der Waals surface area contributed by atoms with Gasteiger partial charge in [-0.2, -0.15) is 0 Å². The van der Waals surface area contributed by atoms with E-state index in [9.17, 15) is 4.39 Å². The van der Waals surface area contributed by atoms with E-state index in [-0.39, 0.29) is 5.82 Å². The van der Waals surface area contributed by atoms with Crippen molar-refractivity contribution in [1.29, 1.82) is 0 Å². The molecule has 0 bridgehead atoms. The zero-order chi connectivity index (χ0) is 12.3. The van der Waals surface area contributed by atoms with Gasteiger partial charge in [-0.15, -0.1) is 0 Å². The summed E-state index contributed by atoms with van der Waals surface area (Å²) in [4.78, 5) is 4.19. The highest BCUT2D eigenvalue weighted by Crippen LogP contribution is 2.14. The molecule has 0 aliphatic rings. The second-order valence-electron chi connectivity index (χ2n) is 3.91. The number of pyridine rings is 1. The van der Waals surface area contributed by atoms with Crippen molar-refractivity contribution < 1.29 is 4.39 Å². The zero-order valence-corrected chi connectivity index (χ0v) is 9.57. The van der Waals surface area contributed by atoms with Gasteiger partial charge >= 0.3 is 0 Å². The summed E-state index contributed by atoms with van der Waals surface area (Å²) in [5.74, 6) is 0.457. The molecule has 3 nitrogen and oxygen atoms in total. The van der Waals surface area contributed by atoms with Gasteiger partial charge in [0.2, 0.25) is 0 Å². The molecule has 1 aromatic carbocycles. The van der Waals surface area contributed by atoms with Crippen molar-refractivity contribution in [2.24, 2.45) is 0 Å². The van der Waals surface area contributed by atoms with E-state index < -0.39 is 0 Å². The van der Waals surface area contributed by atoms with Crippen molar-refractivity contribution in [3.63, 3.8) is 0 Å². The second kappa shape index (κ2) is 4.82. The zero-order valence-electron chi connectivity index (χ0n) is 9.57. The van der Waals surface area contributed by atoms with Gasteiger partial charge in [-0.1, -0.05) is 12.1 Å². The highest BCUT2D eigenvalue weighted by Gasteiger charge is 1.99. The fourth-order valence-electron chi connectivity index (χ4n) is 1.48. The number of nitrogens with one attached hydrogen (secondary N) is 1. The van der Waals surface area contributed by atoms with Gasteiger partial charge in [-0.25, -0.2) is 9.37 Å². The van der Waals surface area contributed by atoms with Crippen LogP contribution in [0.1, 0.15) is 11.1 Å². The van der Waals surface area contributed by atoms with Crippen LogP contribution in [0.25, 0.3) is 0 Å². The van der Waals surface area contributed by atoms with Crippen molar-refractivity contribution in [2.75, 3.05) is 11.1 Å². The third-order valence-electron chi connectivity index (χ3n) is 2.51. The van der Waals surface area contributed by atoms with Gasteiger partial charge in [0, 0.05) is 24.5 Å². The van der Waals surface area contributed by atoms with Gasteiger partial charge in [0.15, 0.2) is 0 Å². The van der Waals surface area contributed by atoms with Crippen LogP contribution in [0.2, 0.25) is 0 Å². The summed E-state index contributed by atoms with van der Waals surface area (Å²) in [6.07, 6.45) is 1.71. The molecular formula is C13H14FN3. The van der Waals surface area contributed by atoms with Gasteiger partial charge < -0.3 is 11.1 Å². The summed E-state index contributed by atoms with van der Waals surface area (Å²) in [6.45, 7) is 2.42. The molecule has 2 aromatic rings. The van der Waals surface area contributed by atoms with Crippen LogP contribution in [0.15, 0.2) is 36.5 Å². The predicted molar refractivity (Wildman–Crippen MR) is 67.1 cm³/mol. The number of hydrogen-bond donors (Lipinski definition) is 2. The van der Waals surface area contributed by atoms with Crippen molar-refractivity contribution >= 4 is 11.5 Å². The van der Waals surface area contributed by atoms with Crippen molar-refractivity contribution in [1.82, 2.24) is 4.98 Å². The van der Waals surface area contributed by atoms with Crippen molar-refractivity contribution in [3.8, 4) is 0 Å². The molecule has 4 heteroatoms. The minimum absolute atomic E-state index is 0.235. The topological polar surface area (TPSA) is 50.9 Å². The van der Waals surface area contributed by atoms with E-state index in [0.29, 0.717) is 18.1 Å². The maximum atomic E-state index is 12.9. The normalized spacial score (nSPS) is 10.2. The molecule has 88 valence electrons. The number of anilines is 2. The van der Waals surface area contributed by atoms with Crippen LogP contribution in [-0.2, 0) is 6.54 Å². The molecule has 0 spiro atoms. The van der Waals surface area contributed by atoms with Crippen LogP contribution < -0.4 is 11.1 Å². The van der Waals surface area contributed by atoms with Crippen LogP contribution in [0, 0.1) is 12.7 Å². The first-order chi connectivity index (χ1) is 8.15. The molecule has 0 fully saturated rings. The van der Waals surface area contributed by atoms with E-state index >= 15 is 0 Å². The van der Waals surface area contributed by atoms with Gasteiger partial charge in [0.1, 0.15) is 11.6 Å². The quantitative estimate of drug-likeness (QED) is 0.854. The number of rotatable bonds is 3. The molecule has 0 saturated carbocycles. The first-order valence-electron chi connectivity index (χ1n) is 5.35. The molecule has 0 amide bonds. The second-order valence-corrected chi connectivity index (χ2v) is 3.91. The standard InChI is InChI=1S/C13H14FN3/c1-9-7-16-13(6-12(9)15)17-8-10-3-2-4-11(14)5-10/h2-7H,8H2,1H3,(H3,15,16,17). The monoisotopic (exact) mass is 231 g/mol. The number of nitrogens with two attached hydrogens (primary N) is 1. The molecule has 0 radical (unpaired) electrons. The Morgan fingerprint density at radius 3 is 2.88 bits per heavy atom. The lowest BCUT2D eigenvalue weighted by Crippen LogP contribution is -2.03. The highest BCUT2D eigenvalue weighted by molar-refractivity contribution is 5.53. The first-order valence-corrected chi connectivity index (χ1v) is 5.35. The molecule has 3 N–H and O–H groups in total. The number of nitrogen functional groups attached to an aromatic ring is 1. The summed E-state index contributed by atoms with van der Waals surface area (Å²) >= 11 is 0. The third-order valence-corrected chi connectivity index (χ3v) is 2.51. The average Bonchev–Trinajstić information content (AvgIpc) is 2.31. The Bertz CT molecular complexity index is 526. The molecule has 2 rings (SSSR count). The number of hydrogen-bond acceptors (Lipinski definition) is 3. The fraction of sp³-hybridized carbons (Fsp3) is 0.154. The Labute approximate surface area is 99.5 Å². The first kappa shape index (κ1) is 11.4. The van der Waals surface area contributed by atoms with Gasteiger partial charge in [0.25, 0.3) is 0 Å². The molecule has 1 aromatic heterocycles. The summed E-state index contributed by atoms with van der Waals surface area (Å²) < 4.78 is 12.9. The maximum Gasteiger partial charge on any atom is 0.128 e. The van der Waals surface area contributed by atoms with Crippen LogP contribution >= 0.6 is 0 Å². The van der Waals surface area contributed by atoms with Gasteiger partial charge in [-0.3, -0.25) is 0 Å². The van der Waals surface area contributed by atoms with Crippen LogP contribution in [0.3, 0.4) is 0 Å². The minimum atomic E-state index is -0.235. The number of aryl methyl sites for hydroxylation is 1. The van der Waals surface area contributed by atoms with Crippen molar-refractivity contribution in [2.45, 2.75) is 13.5 Å². The molecule has 0 atom stereocenters. The lowest BCUT2D eigenvalue weighted by molar-refractivity contribution is 0.626. The van der Waals surface area contributed by atoms with E-state index in [1.165, 1.54) is 12.1 Å². The lowest BCUT2D eigenvalue weighted by Gasteiger charge is -2.07. The molecule has 0 aliphatic carbocycles. The lowest BCUT2D eigenvalue weighted by atomic mass is 10.2. The largest absolute Gasteiger partial charge is 0.398 e. The Balaban J connectivity index is 2.05. The van der Waals surface area contributed by atoms with Crippen LogP contribution in [-0.4, -0.2) is 4.98 Å². The Kier molecular flexibility index (Phi) is 3.23. The van der Waals surface area contributed by atoms with E-state index in [4.69, 9.17) is 5.73 Å². The maximum absolute atomic E-state index is 12.9. The molecular weight excluding hydrogens is 217 g/mol. The Morgan fingerprint density at radius 1 is 1.35 bits per heavy atom. The van der Waals surface area contributed by atoms with Crippen LogP contribution in [0.5, 0.6) is 0 Å². The summed E-state index contributed by atoms with van der Waals surface area (Å²) in [6, 6.07) is 8.22. The molecule has 0 unspecified atom stereocenters. The molecule has 0 aliphatic heterocycles. The number of nitrogens with zero attached hydrogens (tertiary/aromatic N) is 1. The van der Waals surface area contributed by atoms with E-state index in [0.717, 1.165) is 11.1 Å². The smallest absolute Gasteiger partial charge is 0.128 e. The minimum Gasteiger partial charge on any atom is -0.398 e. The highest BCUT2D eigenvalue weighted by atomic mass is 19.1. The van der Waals surface area contributed by atoms with E-state index in [2.05, 4.69) is 10.3 Å². The summed E-state index contributed by atoms with van der Waals surface area (Å²) in [7, 11) is 0. The Morgan fingerprint density at radius 2 is 2.18 bits per heavy atom. The average molecular weight is 231 g/mol. The number of aromatic nitrogens is 1. The number of halogens is 1. The van der Waals surface area contributed by atoms with E-state index in [1.807, 2.05) is 13.0 Å².